The lowest BCUT2D eigenvalue weighted by Crippen LogP contribution is -2.21. The topological polar surface area (TPSA) is 111 Å². The van der Waals surface area contributed by atoms with Gasteiger partial charge < -0.3 is 16.4 Å². The average Bonchev–Trinajstić information content (AvgIpc) is 3.00. The van der Waals surface area contributed by atoms with E-state index in [1.165, 1.54) is 6.20 Å². The number of nitrogens with one attached hydrogen (secondary N) is 2. The second-order valence-electron chi connectivity index (χ2n) is 6.65. The number of nitrogens with two attached hydrogens (primary N) is 1. The normalized spacial score (nSPS) is 11.2. The number of amides is 1. The molecule has 0 radical (unpaired) electrons. The fraction of sp³-hybridized carbons (Fsp3) is 0.412. The molecule has 2 aromatic rings. The molecule has 0 spiro atoms. The summed E-state index contributed by atoms with van der Waals surface area (Å²) in [6, 6.07) is 0. The van der Waals surface area contributed by atoms with Crippen LogP contribution in [0.5, 0.6) is 0 Å². The Bertz CT molecular complexity index is 746. The minimum atomic E-state index is -0.571. The van der Waals surface area contributed by atoms with Gasteiger partial charge in [0.2, 0.25) is 5.95 Å². The highest BCUT2D eigenvalue weighted by Crippen LogP contribution is 2.20. The van der Waals surface area contributed by atoms with Crippen molar-refractivity contribution in [1.29, 1.82) is 0 Å². The Morgan fingerprint density at radius 2 is 2.16 bits per heavy atom. The Morgan fingerprint density at radius 1 is 1.40 bits per heavy atom. The van der Waals surface area contributed by atoms with E-state index in [1.807, 2.05) is 17.0 Å². The predicted octanol–water partition coefficient (Wildman–Crippen LogP) is 2.65. The monoisotopic (exact) mass is 343 g/mol. The van der Waals surface area contributed by atoms with E-state index in [0.29, 0.717) is 18.3 Å². The molecule has 0 atom stereocenters. The van der Waals surface area contributed by atoms with Crippen LogP contribution in [0.15, 0.2) is 31.2 Å². The number of anilines is 3. The van der Waals surface area contributed by atoms with Crippen LogP contribution >= 0.6 is 0 Å². The van der Waals surface area contributed by atoms with E-state index in [2.05, 4.69) is 53.1 Å². The number of allylic oxidation sites excluding steroid dienone is 1. The van der Waals surface area contributed by atoms with Crippen LogP contribution in [-0.4, -0.2) is 32.2 Å². The van der Waals surface area contributed by atoms with Crippen LogP contribution in [-0.2, 0) is 5.54 Å². The van der Waals surface area contributed by atoms with Crippen LogP contribution in [0.4, 0.5) is 17.5 Å². The summed E-state index contributed by atoms with van der Waals surface area (Å²) in [6.45, 7) is 10.5. The van der Waals surface area contributed by atoms with Crippen molar-refractivity contribution in [3.05, 3.63) is 36.8 Å². The Morgan fingerprint density at radius 3 is 2.76 bits per heavy atom. The fourth-order valence-corrected chi connectivity index (χ4v) is 2.09. The molecule has 0 fully saturated rings. The number of carbonyl (C=O) groups is 1. The van der Waals surface area contributed by atoms with E-state index in [-0.39, 0.29) is 11.1 Å². The van der Waals surface area contributed by atoms with Gasteiger partial charge in [0.1, 0.15) is 5.82 Å². The first-order valence-electron chi connectivity index (χ1n) is 8.15. The van der Waals surface area contributed by atoms with Gasteiger partial charge in [0.25, 0.3) is 5.91 Å². The maximum absolute atomic E-state index is 11.5. The molecule has 0 aliphatic rings. The number of hydrogen-bond donors (Lipinski definition) is 3. The van der Waals surface area contributed by atoms with Crippen molar-refractivity contribution in [1.82, 2.24) is 19.7 Å². The van der Waals surface area contributed by atoms with Gasteiger partial charge in [0.05, 0.1) is 23.0 Å². The van der Waals surface area contributed by atoms with E-state index >= 15 is 0 Å². The van der Waals surface area contributed by atoms with E-state index in [1.54, 1.807) is 6.20 Å². The standard InChI is InChI=1S/C17H25N7O/c1-5-6-7-8-19-15-13(14(18)25)10-20-16(23-15)22-12-9-21-24(11-12)17(2,3)4/h5,9-11H,1,6-8H2,2-4H3,(H2,18,25)(H2,19,20,22,23). The SMILES string of the molecule is C=CCCCNc1nc(Nc2cnn(C(C)(C)C)c2)ncc1C(N)=O. The molecule has 0 aromatic carbocycles. The maximum Gasteiger partial charge on any atom is 0.254 e. The Kier molecular flexibility index (Phi) is 5.74. The first-order valence-corrected chi connectivity index (χ1v) is 8.15. The van der Waals surface area contributed by atoms with Crippen LogP contribution in [0.1, 0.15) is 44.0 Å². The van der Waals surface area contributed by atoms with Crippen molar-refractivity contribution in [2.45, 2.75) is 39.2 Å². The first-order chi connectivity index (χ1) is 11.8. The number of carbonyl (C=O) groups excluding carboxylic acids is 1. The summed E-state index contributed by atoms with van der Waals surface area (Å²) in [5.41, 5.74) is 6.30. The molecule has 2 aromatic heterocycles. The molecule has 0 bridgehead atoms. The third-order valence-corrected chi connectivity index (χ3v) is 3.46. The summed E-state index contributed by atoms with van der Waals surface area (Å²) in [4.78, 5) is 20.1. The van der Waals surface area contributed by atoms with Crippen molar-refractivity contribution in [3.63, 3.8) is 0 Å². The summed E-state index contributed by atoms with van der Waals surface area (Å²) < 4.78 is 1.85. The Labute approximate surface area is 147 Å². The second kappa shape index (κ2) is 7.78. The first kappa shape index (κ1) is 18.4. The molecule has 0 saturated heterocycles. The number of unbranched alkanes of at least 4 members (excludes halogenated alkanes) is 1. The number of aromatic nitrogens is 4. The van der Waals surface area contributed by atoms with Crippen LogP contribution in [0, 0.1) is 0 Å². The molecule has 4 N–H and O–H groups in total. The van der Waals surface area contributed by atoms with Crippen LogP contribution in [0.3, 0.4) is 0 Å². The minimum absolute atomic E-state index is 0.117. The van der Waals surface area contributed by atoms with Gasteiger partial charge in [-0.05, 0) is 33.6 Å². The van der Waals surface area contributed by atoms with Gasteiger partial charge in [-0.3, -0.25) is 9.48 Å². The van der Waals surface area contributed by atoms with E-state index in [4.69, 9.17) is 5.73 Å². The molecule has 8 heteroatoms. The summed E-state index contributed by atoms with van der Waals surface area (Å²) >= 11 is 0. The zero-order chi connectivity index (χ0) is 18.4. The number of nitrogens with zero attached hydrogens (tertiary/aromatic N) is 4. The smallest absolute Gasteiger partial charge is 0.254 e. The van der Waals surface area contributed by atoms with Gasteiger partial charge >= 0.3 is 0 Å². The molecule has 2 rings (SSSR count). The summed E-state index contributed by atoms with van der Waals surface area (Å²) in [5.74, 6) is 0.209. The van der Waals surface area contributed by atoms with Crippen molar-refractivity contribution >= 4 is 23.4 Å². The zero-order valence-corrected chi connectivity index (χ0v) is 14.9. The number of hydrogen-bond acceptors (Lipinski definition) is 6. The summed E-state index contributed by atoms with van der Waals surface area (Å²) in [7, 11) is 0. The third-order valence-electron chi connectivity index (χ3n) is 3.46. The quantitative estimate of drug-likeness (QED) is 0.502. The highest BCUT2D eigenvalue weighted by Gasteiger charge is 2.15. The zero-order valence-electron chi connectivity index (χ0n) is 14.9. The number of primary amides is 1. The predicted molar refractivity (Wildman–Crippen MR) is 99.0 cm³/mol. The molecule has 134 valence electrons. The maximum atomic E-state index is 11.5. The largest absolute Gasteiger partial charge is 0.369 e. The third kappa shape index (κ3) is 5.03. The van der Waals surface area contributed by atoms with Crippen molar-refractivity contribution < 1.29 is 4.79 Å². The van der Waals surface area contributed by atoms with E-state index in [0.717, 1.165) is 18.5 Å². The molecule has 25 heavy (non-hydrogen) atoms. The summed E-state index contributed by atoms with van der Waals surface area (Å²) in [6.07, 6.45) is 8.60. The van der Waals surface area contributed by atoms with Gasteiger partial charge in [0, 0.05) is 18.9 Å². The van der Waals surface area contributed by atoms with E-state index < -0.39 is 5.91 Å². The molecular weight excluding hydrogens is 318 g/mol. The van der Waals surface area contributed by atoms with Gasteiger partial charge in [-0.1, -0.05) is 6.08 Å². The molecular formula is C17H25N7O. The molecule has 2 heterocycles. The molecule has 0 unspecified atom stereocenters. The minimum Gasteiger partial charge on any atom is -0.369 e. The van der Waals surface area contributed by atoms with Crippen LogP contribution in [0.25, 0.3) is 0 Å². The second-order valence-corrected chi connectivity index (χ2v) is 6.65. The van der Waals surface area contributed by atoms with Crippen LogP contribution < -0.4 is 16.4 Å². The lowest BCUT2D eigenvalue weighted by molar-refractivity contribution is 0.100. The molecule has 8 nitrogen and oxygen atoms in total. The van der Waals surface area contributed by atoms with E-state index in [9.17, 15) is 4.79 Å². The Hall–Kier alpha value is -2.90. The molecule has 0 aliphatic carbocycles. The highest BCUT2D eigenvalue weighted by molar-refractivity contribution is 5.97. The van der Waals surface area contributed by atoms with Crippen molar-refractivity contribution in [3.8, 4) is 0 Å². The van der Waals surface area contributed by atoms with Gasteiger partial charge in [0.15, 0.2) is 0 Å². The molecule has 1 amide bonds. The average molecular weight is 343 g/mol. The van der Waals surface area contributed by atoms with Gasteiger partial charge in [-0.15, -0.1) is 6.58 Å². The molecule has 0 aliphatic heterocycles. The highest BCUT2D eigenvalue weighted by atomic mass is 16.1. The fourth-order valence-electron chi connectivity index (χ4n) is 2.09. The van der Waals surface area contributed by atoms with Gasteiger partial charge in [-0.2, -0.15) is 10.1 Å². The van der Waals surface area contributed by atoms with Crippen molar-refractivity contribution in [2.24, 2.45) is 5.73 Å². The summed E-state index contributed by atoms with van der Waals surface area (Å²) in [5, 5.41) is 10.5. The lowest BCUT2D eigenvalue weighted by Gasteiger charge is -2.18. The van der Waals surface area contributed by atoms with Crippen molar-refractivity contribution in [2.75, 3.05) is 17.2 Å². The number of rotatable bonds is 8. The Balaban J connectivity index is 2.16. The lowest BCUT2D eigenvalue weighted by atomic mass is 10.1. The molecule has 0 saturated carbocycles. The van der Waals surface area contributed by atoms with Gasteiger partial charge in [-0.25, -0.2) is 4.98 Å². The van der Waals surface area contributed by atoms with Crippen LogP contribution in [0.2, 0.25) is 0 Å².